The summed E-state index contributed by atoms with van der Waals surface area (Å²) >= 11 is 0. The fourth-order valence-corrected chi connectivity index (χ4v) is 4.07. The van der Waals surface area contributed by atoms with Gasteiger partial charge in [-0.1, -0.05) is 0 Å². The zero-order valence-electron chi connectivity index (χ0n) is 17.9. The summed E-state index contributed by atoms with van der Waals surface area (Å²) in [6.07, 6.45) is 2.76. The highest BCUT2D eigenvalue weighted by molar-refractivity contribution is 5.98. The first kappa shape index (κ1) is 20.7. The summed E-state index contributed by atoms with van der Waals surface area (Å²) in [7, 11) is 1.80. The first-order valence-electron chi connectivity index (χ1n) is 10.3. The molecule has 2 N–H and O–H groups in total. The minimum Gasteiger partial charge on any atom is -0.493 e. The lowest BCUT2D eigenvalue weighted by Gasteiger charge is -2.12. The molecule has 0 fully saturated rings. The van der Waals surface area contributed by atoms with Crippen molar-refractivity contribution in [1.82, 2.24) is 25.1 Å². The number of nitrogens with zero attached hydrogens (tertiary/aromatic N) is 3. The number of rotatable bonds is 4. The maximum atomic E-state index is 14.3. The highest BCUT2D eigenvalue weighted by Gasteiger charge is 2.21. The lowest BCUT2D eigenvalue weighted by Crippen LogP contribution is -2.27. The molecular formula is C23H20FN5O4. The summed E-state index contributed by atoms with van der Waals surface area (Å²) in [6, 6.07) is 6.20. The molecular weight excluding hydrogens is 429 g/mol. The monoisotopic (exact) mass is 449 g/mol. The number of aromatic amines is 1. The summed E-state index contributed by atoms with van der Waals surface area (Å²) in [5, 5.41) is 7.92. The Kier molecular flexibility index (Phi) is 5.04. The standard InChI is InChI=1S/C23H20FN5O4/c1-12-7-19(29(2)28-12)16-10-26-22(17-11-25-21(30)8-14(16)17)33-23(31)27-9-15-13-5-6-32-20(13)4-3-18(15)24/h3-4,7-8,10-11H,5-6,9H2,1-2H3,(H,25,30)(H,27,31). The minimum atomic E-state index is -0.796. The third-order valence-electron chi connectivity index (χ3n) is 5.57. The molecule has 1 amide bonds. The number of H-pyrrole nitrogens is 1. The molecule has 1 aliphatic rings. The van der Waals surface area contributed by atoms with Gasteiger partial charge in [0.2, 0.25) is 11.4 Å². The smallest absolute Gasteiger partial charge is 0.414 e. The molecule has 4 aromatic rings. The van der Waals surface area contributed by atoms with Crippen molar-refractivity contribution in [2.45, 2.75) is 19.9 Å². The van der Waals surface area contributed by atoms with Crippen LogP contribution in [0.25, 0.3) is 22.0 Å². The van der Waals surface area contributed by atoms with Gasteiger partial charge in [0.25, 0.3) is 0 Å². The van der Waals surface area contributed by atoms with Crippen molar-refractivity contribution in [2.24, 2.45) is 7.05 Å². The average molecular weight is 449 g/mol. The summed E-state index contributed by atoms with van der Waals surface area (Å²) in [4.78, 5) is 31.4. The number of pyridine rings is 2. The van der Waals surface area contributed by atoms with Crippen LogP contribution in [-0.4, -0.2) is 32.4 Å². The first-order valence-corrected chi connectivity index (χ1v) is 10.3. The number of carbonyl (C=O) groups is 1. The van der Waals surface area contributed by atoms with Gasteiger partial charge >= 0.3 is 6.09 Å². The lowest BCUT2D eigenvalue weighted by atomic mass is 10.0. The summed E-state index contributed by atoms with van der Waals surface area (Å²) in [5.74, 6) is 0.221. The van der Waals surface area contributed by atoms with Crippen LogP contribution < -0.4 is 20.3 Å². The van der Waals surface area contributed by atoms with Gasteiger partial charge in [-0.25, -0.2) is 14.2 Å². The van der Waals surface area contributed by atoms with Gasteiger partial charge in [-0.15, -0.1) is 0 Å². The van der Waals surface area contributed by atoms with Crippen LogP contribution in [0.5, 0.6) is 11.6 Å². The van der Waals surface area contributed by atoms with E-state index >= 15 is 0 Å². The van der Waals surface area contributed by atoms with Crippen LogP contribution in [0, 0.1) is 12.7 Å². The number of fused-ring (bicyclic) bond motifs is 2. The second-order valence-electron chi connectivity index (χ2n) is 7.74. The molecule has 0 bridgehead atoms. The quantitative estimate of drug-likeness (QED) is 0.496. The van der Waals surface area contributed by atoms with E-state index in [2.05, 4.69) is 20.4 Å². The molecule has 9 nitrogen and oxygen atoms in total. The van der Waals surface area contributed by atoms with Crippen molar-refractivity contribution in [2.75, 3.05) is 6.61 Å². The van der Waals surface area contributed by atoms with E-state index < -0.39 is 11.9 Å². The first-order chi connectivity index (χ1) is 15.9. The van der Waals surface area contributed by atoms with Crippen LogP contribution in [-0.2, 0) is 20.0 Å². The molecule has 33 heavy (non-hydrogen) atoms. The van der Waals surface area contributed by atoms with E-state index in [-0.39, 0.29) is 18.0 Å². The maximum absolute atomic E-state index is 14.3. The number of benzene rings is 1. The highest BCUT2D eigenvalue weighted by Crippen LogP contribution is 2.32. The second-order valence-corrected chi connectivity index (χ2v) is 7.74. The number of aryl methyl sites for hydroxylation is 2. The normalized spacial score (nSPS) is 12.5. The van der Waals surface area contributed by atoms with Crippen LogP contribution in [0.3, 0.4) is 0 Å². The van der Waals surface area contributed by atoms with Crippen molar-refractivity contribution >= 4 is 16.9 Å². The molecule has 0 saturated carbocycles. The predicted molar refractivity (Wildman–Crippen MR) is 118 cm³/mol. The zero-order valence-corrected chi connectivity index (χ0v) is 17.9. The number of amides is 1. The Labute approximate surface area is 187 Å². The third kappa shape index (κ3) is 3.79. The van der Waals surface area contributed by atoms with Crippen molar-refractivity contribution in [1.29, 1.82) is 0 Å². The minimum absolute atomic E-state index is 0.0171. The Balaban J connectivity index is 1.43. The molecule has 0 aliphatic carbocycles. The van der Waals surface area contributed by atoms with Gasteiger partial charge in [-0.05, 0) is 25.1 Å². The maximum Gasteiger partial charge on any atom is 0.414 e. The van der Waals surface area contributed by atoms with E-state index in [0.717, 1.165) is 17.0 Å². The molecule has 10 heteroatoms. The van der Waals surface area contributed by atoms with E-state index in [9.17, 15) is 14.0 Å². The van der Waals surface area contributed by atoms with Gasteiger partial charge in [0.15, 0.2) is 0 Å². The summed E-state index contributed by atoms with van der Waals surface area (Å²) in [6.45, 7) is 2.29. The molecule has 0 saturated heterocycles. The van der Waals surface area contributed by atoms with Gasteiger partial charge in [-0.3, -0.25) is 9.48 Å². The Hall–Kier alpha value is -4.21. The predicted octanol–water partition coefficient (Wildman–Crippen LogP) is 2.99. The van der Waals surface area contributed by atoms with Gasteiger partial charge in [-0.2, -0.15) is 5.10 Å². The number of aromatic nitrogens is 4. The Morgan fingerprint density at radius 3 is 2.97 bits per heavy atom. The summed E-state index contributed by atoms with van der Waals surface area (Å²) in [5.41, 5.74) is 3.06. The largest absolute Gasteiger partial charge is 0.493 e. The number of hydrogen-bond acceptors (Lipinski definition) is 6. The van der Waals surface area contributed by atoms with E-state index in [0.29, 0.717) is 40.7 Å². The molecule has 4 heterocycles. The molecule has 1 aromatic carbocycles. The zero-order chi connectivity index (χ0) is 23.1. The molecule has 0 unspecified atom stereocenters. The van der Waals surface area contributed by atoms with Crippen molar-refractivity contribution in [3.63, 3.8) is 0 Å². The van der Waals surface area contributed by atoms with Gasteiger partial charge < -0.3 is 19.8 Å². The number of carbonyl (C=O) groups excluding carboxylic acids is 1. The number of hydrogen-bond donors (Lipinski definition) is 2. The lowest BCUT2D eigenvalue weighted by molar-refractivity contribution is 0.198. The van der Waals surface area contributed by atoms with E-state index in [1.807, 2.05) is 13.0 Å². The van der Waals surface area contributed by atoms with E-state index in [4.69, 9.17) is 9.47 Å². The Morgan fingerprint density at radius 2 is 2.18 bits per heavy atom. The van der Waals surface area contributed by atoms with Crippen molar-refractivity contribution in [3.8, 4) is 22.9 Å². The number of halogens is 1. The van der Waals surface area contributed by atoms with Crippen molar-refractivity contribution in [3.05, 3.63) is 69.7 Å². The van der Waals surface area contributed by atoms with Crippen LogP contribution in [0.4, 0.5) is 9.18 Å². The Bertz CT molecular complexity index is 1460. The topological polar surface area (TPSA) is 111 Å². The summed E-state index contributed by atoms with van der Waals surface area (Å²) < 4.78 is 26.9. The molecule has 1 aliphatic heterocycles. The van der Waals surface area contributed by atoms with Gasteiger partial charge in [0, 0.05) is 60.5 Å². The number of ether oxygens (including phenoxy) is 2. The average Bonchev–Trinajstić information content (AvgIpc) is 3.38. The molecule has 168 valence electrons. The highest BCUT2D eigenvalue weighted by atomic mass is 19.1. The van der Waals surface area contributed by atoms with Crippen LogP contribution in [0.15, 0.2) is 41.5 Å². The van der Waals surface area contributed by atoms with E-state index in [1.165, 1.54) is 24.5 Å². The second kappa shape index (κ2) is 8.05. The molecule has 3 aromatic heterocycles. The molecule has 0 radical (unpaired) electrons. The molecule has 0 spiro atoms. The van der Waals surface area contributed by atoms with Crippen LogP contribution in [0.2, 0.25) is 0 Å². The SMILES string of the molecule is Cc1cc(-c2cnc(OC(=O)NCc3c(F)ccc4c3CCO4)c3c[nH]c(=O)cc23)n(C)n1. The molecule has 0 atom stereocenters. The van der Waals surface area contributed by atoms with Crippen molar-refractivity contribution < 1.29 is 18.7 Å². The van der Waals surface area contributed by atoms with Crippen LogP contribution in [0.1, 0.15) is 16.8 Å². The van der Waals surface area contributed by atoms with E-state index in [1.54, 1.807) is 17.8 Å². The fraction of sp³-hybridized carbons (Fsp3) is 0.217. The fourth-order valence-electron chi connectivity index (χ4n) is 4.07. The van der Waals surface area contributed by atoms with Crippen LogP contribution >= 0.6 is 0 Å². The Morgan fingerprint density at radius 1 is 1.33 bits per heavy atom. The number of nitrogens with one attached hydrogen (secondary N) is 2. The van der Waals surface area contributed by atoms with Gasteiger partial charge in [0.1, 0.15) is 11.6 Å². The third-order valence-corrected chi connectivity index (χ3v) is 5.57. The van der Waals surface area contributed by atoms with Gasteiger partial charge in [0.05, 0.1) is 23.4 Å². The molecule has 5 rings (SSSR count).